The molecular weight excluding hydrogens is 360 g/mol. The van der Waals surface area contributed by atoms with Crippen molar-refractivity contribution < 1.29 is 4.79 Å². The predicted octanol–water partition coefficient (Wildman–Crippen LogP) is 1.72. The van der Waals surface area contributed by atoms with E-state index in [1.54, 1.807) is 10.7 Å². The van der Waals surface area contributed by atoms with Crippen molar-refractivity contribution in [1.82, 2.24) is 40.8 Å². The summed E-state index contributed by atoms with van der Waals surface area (Å²) in [7, 11) is 0. The van der Waals surface area contributed by atoms with Gasteiger partial charge in [0.05, 0.1) is 5.69 Å². The number of carbonyl (C=O) groups excluding carboxylic acids is 1. The van der Waals surface area contributed by atoms with Crippen molar-refractivity contribution in [1.29, 1.82) is 0 Å². The van der Waals surface area contributed by atoms with Crippen LogP contribution in [-0.2, 0) is 6.42 Å². The van der Waals surface area contributed by atoms with E-state index < -0.39 is 0 Å². The highest BCUT2D eigenvalue weighted by molar-refractivity contribution is 5.99. The maximum Gasteiger partial charge on any atom is 0.323 e. The highest BCUT2D eigenvalue weighted by Crippen LogP contribution is 2.18. The van der Waals surface area contributed by atoms with E-state index in [2.05, 4.69) is 46.8 Å². The van der Waals surface area contributed by atoms with Gasteiger partial charge in [-0.1, -0.05) is 17.3 Å². The molecule has 0 aliphatic heterocycles. The summed E-state index contributed by atoms with van der Waals surface area (Å²) in [5, 5.41) is 30.6. The van der Waals surface area contributed by atoms with Crippen LogP contribution in [0.15, 0.2) is 48.8 Å². The fourth-order valence-corrected chi connectivity index (χ4v) is 2.75. The van der Waals surface area contributed by atoms with Crippen LogP contribution >= 0.6 is 0 Å². The SMILES string of the molecule is Cc1cc(NC(=O)Nc2cccc(Cc3nn[nH]n3)c2)ccc1-n1cnnn1. The second-order valence-electron chi connectivity index (χ2n) is 6.04. The van der Waals surface area contributed by atoms with E-state index in [4.69, 9.17) is 0 Å². The predicted molar refractivity (Wildman–Crippen MR) is 100.0 cm³/mol. The first-order chi connectivity index (χ1) is 13.7. The van der Waals surface area contributed by atoms with E-state index in [0.29, 0.717) is 23.6 Å². The first-order valence-electron chi connectivity index (χ1n) is 8.41. The molecule has 0 spiro atoms. The zero-order valence-corrected chi connectivity index (χ0v) is 14.9. The number of amides is 2. The molecule has 0 atom stereocenters. The van der Waals surface area contributed by atoms with Crippen molar-refractivity contribution in [2.75, 3.05) is 10.6 Å². The van der Waals surface area contributed by atoms with Gasteiger partial charge in [0, 0.05) is 17.8 Å². The quantitative estimate of drug-likeness (QED) is 0.482. The molecule has 4 rings (SSSR count). The van der Waals surface area contributed by atoms with Gasteiger partial charge in [0.15, 0.2) is 5.82 Å². The minimum atomic E-state index is -0.341. The molecule has 0 bridgehead atoms. The number of rotatable bonds is 5. The number of tetrazole rings is 2. The van der Waals surface area contributed by atoms with E-state index in [1.807, 2.05) is 43.3 Å². The molecule has 0 aliphatic carbocycles. The Labute approximate surface area is 159 Å². The van der Waals surface area contributed by atoms with Gasteiger partial charge >= 0.3 is 6.03 Å². The van der Waals surface area contributed by atoms with Crippen molar-refractivity contribution in [3.05, 3.63) is 65.7 Å². The number of hydrogen-bond donors (Lipinski definition) is 3. The second-order valence-corrected chi connectivity index (χ2v) is 6.04. The van der Waals surface area contributed by atoms with Crippen molar-refractivity contribution in [2.45, 2.75) is 13.3 Å². The van der Waals surface area contributed by atoms with Crippen LogP contribution in [-0.4, -0.2) is 46.9 Å². The molecule has 0 aliphatic rings. The summed E-state index contributed by atoms with van der Waals surface area (Å²) in [5.74, 6) is 0.583. The van der Waals surface area contributed by atoms with Crippen molar-refractivity contribution in [3.8, 4) is 5.69 Å². The van der Waals surface area contributed by atoms with Crippen LogP contribution in [0, 0.1) is 6.92 Å². The molecule has 2 aromatic carbocycles. The maximum absolute atomic E-state index is 12.3. The highest BCUT2D eigenvalue weighted by Gasteiger charge is 2.08. The zero-order valence-electron chi connectivity index (χ0n) is 14.9. The van der Waals surface area contributed by atoms with Crippen LogP contribution in [0.3, 0.4) is 0 Å². The van der Waals surface area contributed by atoms with Crippen LogP contribution < -0.4 is 10.6 Å². The lowest BCUT2D eigenvalue weighted by atomic mass is 10.1. The number of anilines is 2. The highest BCUT2D eigenvalue weighted by atomic mass is 16.2. The number of carbonyl (C=O) groups is 1. The Morgan fingerprint density at radius 1 is 1.14 bits per heavy atom. The third-order valence-electron chi connectivity index (χ3n) is 3.99. The van der Waals surface area contributed by atoms with Crippen molar-refractivity contribution >= 4 is 17.4 Å². The summed E-state index contributed by atoms with van der Waals surface area (Å²) in [5.41, 5.74) is 4.05. The van der Waals surface area contributed by atoms with E-state index in [1.165, 1.54) is 6.33 Å². The summed E-state index contributed by atoms with van der Waals surface area (Å²) in [6.45, 7) is 1.92. The summed E-state index contributed by atoms with van der Waals surface area (Å²) in [4.78, 5) is 12.3. The Morgan fingerprint density at radius 2 is 2.00 bits per heavy atom. The van der Waals surface area contributed by atoms with E-state index in [9.17, 15) is 4.79 Å². The van der Waals surface area contributed by atoms with Crippen molar-refractivity contribution in [3.63, 3.8) is 0 Å². The molecule has 2 heterocycles. The molecule has 0 saturated heterocycles. The van der Waals surface area contributed by atoms with E-state index >= 15 is 0 Å². The van der Waals surface area contributed by atoms with Gasteiger partial charge in [-0.25, -0.2) is 9.48 Å². The molecule has 2 amide bonds. The molecule has 140 valence electrons. The topological polar surface area (TPSA) is 139 Å². The Kier molecular flexibility index (Phi) is 4.70. The first-order valence-corrected chi connectivity index (χ1v) is 8.41. The third-order valence-corrected chi connectivity index (χ3v) is 3.99. The number of aromatic amines is 1. The van der Waals surface area contributed by atoms with Gasteiger partial charge < -0.3 is 10.6 Å². The van der Waals surface area contributed by atoms with Gasteiger partial charge in [-0.2, -0.15) is 5.21 Å². The average molecular weight is 376 g/mol. The number of nitrogens with zero attached hydrogens (tertiary/aromatic N) is 7. The van der Waals surface area contributed by atoms with Gasteiger partial charge in [-0.15, -0.1) is 15.3 Å². The summed E-state index contributed by atoms with van der Waals surface area (Å²) >= 11 is 0. The molecule has 11 nitrogen and oxygen atoms in total. The molecular formula is C17H16N10O. The monoisotopic (exact) mass is 376 g/mol. The number of aromatic nitrogens is 8. The normalized spacial score (nSPS) is 10.6. The van der Waals surface area contributed by atoms with Gasteiger partial charge in [0.1, 0.15) is 6.33 Å². The van der Waals surface area contributed by atoms with Crippen LogP contribution in [0.25, 0.3) is 5.69 Å². The molecule has 2 aromatic heterocycles. The van der Waals surface area contributed by atoms with Gasteiger partial charge in [0.25, 0.3) is 0 Å². The number of hydrogen-bond acceptors (Lipinski definition) is 7. The lowest BCUT2D eigenvalue weighted by Gasteiger charge is -2.11. The molecule has 28 heavy (non-hydrogen) atoms. The number of nitrogens with one attached hydrogen (secondary N) is 3. The summed E-state index contributed by atoms with van der Waals surface area (Å²) < 4.78 is 1.56. The van der Waals surface area contributed by atoms with Gasteiger partial charge in [0.2, 0.25) is 0 Å². The standard InChI is InChI=1S/C17H16N10O/c1-11-7-14(5-6-15(11)27-10-18-23-26-27)20-17(28)19-13-4-2-3-12(8-13)9-16-21-24-25-22-16/h2-8,10H,9H2,1H3,(H2,19,20,28)(H,21,22,24,25). The van der Waals surface area contributed by atoms with Gasteiger partial charge in [-0.05, 0) is 58.8 Å². The molecule has 0 saturated carbocycles. The van der Waals surface area contributed by atoms with E-state index in [-0.39, 0.29) is 6.03 Å². The van der Waals surface area contributed by atoms with Crippen LogP contribution in [0.5, 0.6) is 0 Å². The number of benzene rings is 2. The number of aryl methyl sites for hydroxylation is 1. The second kappa shape index (κ2) is 7.61. The van der Waals surface area contributed by atoms with E-state index in [0.717, 1.165) is 16.8 Å². The first kappa shape index (κ1) is 17.3. The fourth-order valence-electron chi connectivity index (χ4n) is 2.75. The fraction of sp³-hybridized carbons (Fsp3) is 0.118. The molecule has 0 unspecified atom stereocenters. The zero-order chi connectivity index (χ0) is 19.3. The molecule has 11 heteroatoms. The van der Waals surface area contributed by atoms with Crippen LogP contribution in [0.2, 0.25) is 0 Å². The Bertz CT molecular complexity index is 1080. The third kappa shape index (κ3) is 3.98. The van der Waals surface area contributed by atoms with Crippen LogP contribution in [0.4, 0.5) is 16.2 Å². The molecule has 0 fully saturated rings. The van der Waals surface area contributed by atoms with Crippen LogP contribution in [0.1, 0.15) is 17.0 Å². The minimum absolute atomic E-state index is 0.341. The molecule has 3 N–H and O–H groups in total. The van der Waals surface area contributed by atoms with Crippen molar-refractivity contribution in [2.24, 2.45) is 0 Å². The Hall–Kier alpha value is -4.15. The average Bonchev–Trinajstić information content (AvgIpc) is 3.36. The smallest absolute Gasteiger partial charge is 0.308 e. The molecule has 4 aromatic rings. The van der Waals surface area contributed by atoms with Gasteiger partial charge in [-0.3, -0.25) is 0 Å². The molecule has 0 radical (unpaired) electrons. The minimum Gasteiger partial charge on any atom is -0.308 e. The lowest BCUT2D eigenvalue weighted by molar-refractivity contribution is 0.262. The lowest BCUT2D eigenvalue weighted by Crippen LogP contribution is -2.19. The summed E-state index contributed by atoms with van der Waals surface area (Å²) in [6.07, 6.45) is 2.04. The summed E-state index contributed by atoms with van der Waals surface area (Å²) in [6, 6.07) is 12.6. The number of urea groups is 1. The largest absolute Gasteiger partial charge is 0.323 e. The Balaban J connectivity index is 1.41. The maximum atomic E-state index is 12.3. The Morgan fingerprint density at radius 3 is 2.71 bits per heavy atom. The number of H-pyrrole nitrogens is 1.